The molecule has 0 saturated carbocycles. The Morgan fingerprint density at radius 1 is 1.12 bits per heavy atom. The van der Waals surface area contributed by atoms with E-state index in [1.807, 2.05) is 25.3 Å². The van der Waals surface area contributed by atoms with Crippen LogP contribution in [0.15, 0.2) is 30.5 Å². The van der Waals surface area contributed by atoms with E-state index in [1.165, 1.54) is 11.3 Å². The van der Waals surface area contributed by atoms with Crippen LogP contribution in [0.1, 0.15) is 18.5 Å². The summed E-state index contributed by atoms with van der Waals surface area (Å²) in [4.78, 5) is 0. The Morgan fingerprint density at radius 3 is 2.64 bits per heavy atom. The van der Waals surface area contributed by atoms with Crippen molar-refractivity contribution in [1.82, 2.24) is 25.3 Å². The lowest BCUT2D eigenvalue weighted by Crippen LogP contribution is -2.68. The fourth-order valence-corrected chi connectivity index (χ4v) is 5.43. The van der Waals surface area contributed by atoms with Crippen LogP contribution >= 0.6 is 11.3 Å². The third kappa shape index (κ3) is 4.21. The minimum atomic E-state index is -1.26. The molecule has 5 rings (SSSR count). The molecule has 0 aliphatic carbocycles. The van der Waals surface area contributed by atoms with Crippen LogP contribution in [0.3, 0.4) is 0 Å². The van der Waals surface area contributed by atoms with Crippen LogP contribution < -0.4 is 10.1 Å². The number of halogens is 1. The molecule has 2 N–H and O–H groups in total. The van der Waals surface area contributed by atoms with Gasteiger partial charge in [-0.1, -0.05) is 16.4 Å². The van der Waals surface area contributed by atoms with Gasteiger partial charge >= 0.3 is 0 Å². The molecule has 0 spiro atoms. The first-order chi connectivity index (χ1) is 16.0. The fraction of sp³-hybridized carbons (Fsp3) is 0.500. The maximum Gasteiger partial charge on any atom is 0.294 e. The SMILES string of the molecule is COC1CC(OC)C2NC1CC(Oc1nnc(-c3ccc(-n4ccc(C)n4)cc3O)s1)C2F. The highest BCUT2D eigenvalue weighted by atomic mass is 32.1. The molecule has 0 radical (unpaired) electrons. The van der Waals surface area contributed by atoms with Crippen molar-refractivity contribution in [3.63, 3.8) is 0 Å². The summed E-state index contributed by atoms with van der Waals surface area (Å²) in [5, 5.41) is 27.2. The zero-order valence-electron chi connectivity index (χ0n) is 18.5. The van der Waals surface area contributed by atoms with E-state index < -0.39 is 18.3 Å². The summed E-state index contributed by atoms with van der Waals surface area (Å²) in [6.07, 6.45) is 0.572. The first kappa shape index (κ1) is 22.2. The van der Waals surface area contributed by atoms with Crippen molar-refractivity contribution in [2.24, 2.45) is 0 Å². The quantitative estimate of drug-likeness (QED) is 0.561. The van der Waals surface area contributed by atoms with Crippen molar-refractivity contribution in [2.45, 2.75) is 56.3 Å². The predicted octanol–water partition coefficient (Wildman–Crippen LogP) is 2.65. The highest BCUT2D eigenvalue weighted by Gasteiger charge is 2.50. The molecule has 2 fully saturated rings. The Labute approximate surface area is 194 Å². The molecule has 4 heterocycles. The van der Waals surface area contributed by atoms with Crippen molar-refractivity contribution >= 4 is 11.3 Å². The van der Waals surface area contributed by atoms with E-state index in [2.05, 4.69) is 20.6 Å². The Kier molecular flexibility index (Phi) is 6.04. The molecule has 2 saturated heterocycles. The maximum absolute atomic E-state index is 15.3. The molecule has 3 aromatic rings. The van der Waals surface area contributed by atoms with Crippen LogP contribution in [0.25, 0.3) is 16.3 Å². The van der Waals surface area contributed by atoms with E-state index in [-0.39, 0.29) is 29.2 Å². The van der Waals surface area contributed by atoms with Gasteiger partial charge in [-0.15, -0.1) is 5.10 Å². The van der Waals surface area contributed by atoms with Crippen molar-refractivity contribution in [1.29, 1.82) is 0 Å². The van der Waals surface area contributed by atoms with E-state index in [0.29, 0.717) is 23.4 Å². The highest BCUT2D eigenvalue weighted by Crippen LogP contribution is 2.38. The molecule has 11 heteroatoms. The number of aromatic nitrogens is 4. The summed E-state index contributed by atoms with van der Waals surface area (Å²) in [5.41, 5.74) is 2.13. The number of piperidine rings is 2. The van der Waals surface area contributed by atoms with Crippen LogP contribution in [0.4, 0.5) is 4.39 Å². The van der Waals surface area contributed by atoms with Crippen LogP contribution in [0, 0.1) is 6.92 Å². The molecule has 1 aromatic carbocycles. The number of benzene rings is 1. The molecule has 2 bridgehead atoms. The maximum atomic E-state index is 15.3. The number of rotatable bonds is 6. The fourth-order valence-electron chi connectivity index (χ4n) is 4.64. The zero-order chi connectivity index (χ0) is 23.1. The average molecular weight is 476 g/mol. The number of hydrogen-bond acceptors (Lipinski definition) is 9. The number of nitrogens with one attached hydrogen (secondary N) is 1. The van der Waals surface area contributed by atoms with Crippen LogP contribution in [-0.4, -0.2) is 75.9 Å². The minimum Gasteiger partial charge on any atom is -0.507 e. The van der Waals surface area contributed by atoms with Gasteiger partial charge in [-0.25, -0.2) is 9.07 Å². The lowest BCUT2D eigenvalue weighted by molar-refractivity contribution is -0.108. The third-order valence-electron chi connectivity index (χ3n) is 6.37. The number of aromatic hydroxyl groups is 1. The number of hydrogen-bond donors (Lipinski definition) is 2. The summed E-state index contributed by atoms with van der Waals surface area (Å²) in [6, 6.07) is 6.59. The summed E-state index contributed by atoms with van der Waals surface area (Å²) in [7, 11) is 3.23. The van der Waals surface area contributed by atoms with Crippen molar-refractivity contribution < 1.29 is 23.7 Å². The normalized spacial score (nSPS) is 29.2. The van der Waals surface area contributed by atoms with Gasteiger partial charge in [0.05, 0.1) is 35.2 Å². The van der Waals surface area contributed by atoms with Gasteiger partial charge in [0.1, 0.15) is 11.9 Å². The average Bonchev–Trinajstić information content (AvgIpc) is 3.46. The van der Waals surface area contributed by atoms with Gasteiger partial charge in [-0.2, -0.15) is 5.10 Å². The highest BCUT2D eigenvalue weighted by molar-refractivity contribution is 7.16. The van der Waals surface area contributed by atoms with E-state index in [4.69, 9.17) is 14.2 Å². The standard InChI is InChI=1S/C22H26FN5O4S/c1-11-6-7-28(27-11)12-4-5-13(15(29)8-12)21-25-26-22(33-21)32-17-9-14-16(30-2)10-18(31-3)20(24-14)19(17)23/h4-8,14,16-20,24,29H,9-10H2,1-3H3. The van der Waals surface area contributed by atoms with Gasteiger partial charge in [0.2, 0.25) is 0 Å². The molecule has 6 unspecified atom stereocenters. The van der Waals surface area contributed by atoms with Gasteiger partial charge < -0.3 is 24.6 Å². The van der Waals surface area contributed by atoms with Gasteiger partial charge in [0.25, 0.3) is 5.19 Å². The minimum absolute atomic E-state index is 0.0293. The molecule has 176 valence electrons. The summed E-state index contributed by atoms with van der Waals surface area (Å²) in [6.45, 7) is 1.90. The van der Waals surface area contributed by atoms with Gasteiger partial charge in [0.15, 0.2) is 11.2 Å². The molecular weight excluding hydrogens is 449 g/mol. The number of methoxy groups -OCH3 is 2. The van der Waals surface area contributed by atoms with E-state index >= 15 is 4.39 Å². The number of phenols is 1. The van der Waals surface area contributed by atoms with E-state index in [0.717, 1.165) is 11.4 Å². The van der Waals surface area contributed by atoms with E-state index in [1.54, 1.807) is 31.0 Å². The molecule has 6 atom stereocenters. The van der Waals surface area contributed by atoms with Crippen molar-refractivity contribution in [3.8, 4) is 27.2 Å². The number of fused-ring (bicyclic) bond motifs is 2. The molecule has 2 aliphatic rings. The van der Waals surface area contributed by atoms with Gasteiger partial charge in [0, 0.05) is 45.4 Å². The zero-order valence-corrected chi connectivity index (χ0v) is 19.3. The number of nitrogens with zero attached hydrogens (tertiary/aromatic N) is 4. The summed E-state index contributed by atoms with van der Waals surface area (Å²) in [5.74, 6) is 0.0500. The van der Waals surface area contributed by atoms with E-state index in [9.17, 15) is 5.11 Å². The van der Waals surface area contributed by atoms with Crippen LogP contribution in [0.5, 0.6) is 10.9 Å². The molecular formula is C22H26FN5O4S. The van der Waals surface area contributed by atoms with Gasteiger partial charge in [-0.3, -0.25) is 0 Å². The second-order valence-electron chi connectivity index (χ2n) is 8.40. The number of alkyl halides is 1. The first-order valence-electron chi connectivity index (χ1n) is 10.8. The summed E-state index contributed by atoms with van der Waals surface area (Å²) >= 11 is 1.17. The Bertz CT molecular complexity index is 1120. The molecule has 9 nitrogen and oxygen atoms in total. The largest absolute Gasteiger partial charge is 0.507 e. The molecule has 33 heavy (non-hydrogen) atoms. The predicted molar refractivity (Wildman–Crippen MR) is 120 cm³/mol. The number of ether oxygens (including phenoxy) is 3. The Hall–Kier alpha value is -2.60. The lowest BCUT2D eigenvalue weighted by Gasteiger charge is -2.48. The molecule has 0 amide bonds. The smallest absolute Gasteiger partial charge is 0.294 e. The Morgan fingerprint density at radius 2 is 1.94 bits per heavy atom. The molecule has 2 aliphatic heterocycles. The Balaban J connectivity index is 1.33. The van der Waals surface area contributed by atoms with Gasteiger partial charge in [-0.05, 0) is 25.1 Å². The lowest BCUT2D eigenvalue weighted by atomic mass is 9.80. The molecule has 2 aromatic heterocycles. The first-order valence-corrected chi connectivity index (χ1v) is 11.6. The third-order valence-corrected chi connectivity index (χ3v) is 7.22. The van der Waals surface area contributed by atoms with Crippen LogP contribution in [0.2, 0.25) is 0 Å². The van der Waals surface area contributed by atoms with Crippen LogP contribution in [-0.2, 0) is 9.47 Å². The topological polar surface area (TPSA) is 104 Å². The second kappa shape index (κ2) is 8.98. The monoisotopic (exact) mass is 475 g/mol. The summed E-state index contributed by atoms with van der Waals surface area (Å²) < 4.78 is 34.0. The van der Waals surface area contributed by atoms with Crippen molar-refractivity contribution in [3.05, 3.63) is 36.2 Å². The second-order valence-corrected chi connectivity index (χ2v) is 9.34. The van der Waals surface area contributed by atoms with Crippen molar-refractivity contribution in [2.75, 3.05) is 14.2 Å². The number of phenolic OH excluding ortho intramolecular Hbond substituents is 1. The number of aryl methyl sites for hydroxylation is 1.